The van der Waals surface area contributed by atoms with Crippen LogP contribution in [-0.4, -0.2) is 15.8 Å². The first kappa shape index (κ1) is 7.86. The summed E-state index contributed by atoms with van der Waals surface area (Å²) < 4.78 is 0. The van der Waals surface area contributed by atoms with Gasteiger partial charge in [-0.2, -0.15) is 0 Å². The van der Waals surface area contributed by atoms with Crippen LogP contribution in [0, 0.1) is 0 Å². The molecule has 0 saturated heterocycles. The monoisotopic (exact) mass is 172 g/mol. The van der Waals surface area contributed by atoms with E-state index < -0.39 is 0 Å². The average Bonchev–Trinajstić information content (AvgIpc) is 2.17. The van der Waals surface area contributed by atoms with Gasteiger partial charge in [-0.1, -0.05) is 0 Å². The largest absolute Gasteiger partial charge is 0.294 e. The molecule has 2 aromatic rings. The number of fused-ring (bicyclic) bond motifs is 1. The topological polar surface area (TPSA) is 42.9 Å². The third kappa shape index (κ3) is 1.28. The first-order valence-electron chi connectivity index (χ1n) is 4.00. The SMILES string of the molecule is CC(=O)c1ccnc2cccnc12. The van der Waals surface area contributed by atoms with Crippen LogP contribution in [0.25, 0.3) is 11.0 Å². The van der Waals surface area contributed by atoms with Gasteiger partial charge in [0, 0.05) is 18.0 Å². The van der Waals surface area contributed by atoms with Gasteiger partial charge in [-0.05, 0) is 25.1 Å². The van der Waals surface area contributed by atoms with Gasteiger partial charge in [0.15, 0.2) is 5.78 Å². The zero-order valence-electron chi connectivity index (χ0n) is 7.19. The summed E-state index contributed by atoms with van der Waals surface area (Å²) in [7, 11) is 0. The maximum absolute atomic E-state index is 11.2. The molecule has 0 saturated carbocycles. The minimum Gasteiger partial charge on any atom is -0.294 e. The first-order chi connectivity index (χ1) is 6.29. The van der Waals surface area contributed by atoms with Crippen molar-refractivity contribution in [1.29, 1.82) is 0 Å². The Bertz CT molecular complexity index is 460. The van der Waals surface area contributed by atoms with E-state index in [1.165, 1.54) is 6.92 Å². The molecule has 2 rings (SSSR count). The summed E-state index contributed by atoms with van der Waals surface area (Å²) >= 11 is 0. The highest BCUT2D eigenvalue weighted by molar-refractivity contribution is 6.04. The minimum atomic E-state index is 0.0195. The molecule has 0 N–H and O–H groups in total. The molecule has 0 fully saturated rings. The van der Waals surface area contributed by atoms with E-state index in [0.717, 1.165) is 5.52 Å². The normalized spacial score (nSPS) is 10.2. The number of Topliss-reactive ketones (excluding diaryl/α,β-unsaturated/α-hetero) is 1. The average molecular weight is 172 g/mol. The highest BCUT2D eigenvalue weighted by atomic mass is 16.1. The van der Waals surface area contributed by atoms with E-state index in [-0.39, 0.29) is 5.78 Å². The molecule has 2 aromatic heterocycles. The fraction of sp³-hybridized carbons (Fsp3) is 0.100. The van der Waals surface area contributed by atoms with Crippen LogP contribution in [0.3, 0.4) is 0 Å². The summed E-state index contributed by atoms with van der Waals surface area (Å²) in [5.74, 6) is 0.0195. The van der Waals surface area contributed by atoms with Crippen molar-refractivity contribution in [2.75, 3.05) is 0 Å². The van der Waals surface area contributed by atoms with Crippen LogP contribution in [-0.2, 0) is 0 Å². The molecule has 0 aliphatic heterocycles. The molecule has 0 atom stereocenters. The van der Waals surface area contributed by atoms with Gasteiger partial charge in [-0.15, -0.1) is 0 Å². The van der Waals surface area contributed by atoms with Crippen LogP contribution >= 0.6 is 0 Å². The lowest BCUT2D eigenvalue weighted by Crippen LogP contribution is -1.96. The smallest absolute Gasteiger partial charge is 0.162 e. The van der Waals surface area contributed by atoms with Gasteiger partial charge in [0.25, 0.3) is 0 Å². The molecule has 0 aliphatic rings. The molecule has 0 aliphatic carbocycles. The maximum Gasteiger partial charge on any atom is 0.162 e. The number of hydrogen-bond donors (Lipinski definition) is 0. The van der Waals surface area contributed by atoms with Crippen LogP contribution in [0.15, 0.2) is 30.6 Å². The fourth-order valence-corrected chi connectivity index (χ4v) is 1.26. The van der Waals surface area contributed by atoms with Crippen LogP contribution in [0.1, 0.15) is 17.3 Å². The summed E-state index contributed by atoms with van der Waals surface area (Å²) in [4.78, 5) is 19.4. The van der Waals surface area contributed by atoms with E-state index in [9.17, 15) is 4.79 Å². The highest BCUT2D eigenvalue weighted by Gasteiger charge is 2.05. The highest BCUT2D eigenvalue weighted by Crippen LogP contribution is 2.13. The molecule has 0 aromatic carbocycles. The standard InChI is InChI=1S/C10H8N2O/c1-7(13)8-4-6-11-9-3-2-5-12-10(8)9/h2-6H,1H3. The lowest BCUT2D eigenvalue weighted by Gasteiger charge is -1.99. The van der Waals surface area contributed by atoms with E-state index in [1.807, 2.05) is 6.07 Å². The van der Waals surface area contributed by atoms with Crippen molar-refractivity contribution in [2.24, 2.45) is 0 Å². The molecule has 0 radical (unpaired) electrons. The van der Waals surface area contributed by atoms with Gasteiger partial charge >= 0.3 is 0 Å². The molecule has 64 valence electrons. The number of rotatable bonds is 1. The summed E-state index contributed by atoms with van der Waals surface area (Å²) in [5, 5.41) is 0. The molecule has 0 unspecified atom stereocenters. The van der Waals surface area contributed by atoms with Gasteiger partial charge in [-0.3, -0.25) is 14.8 Å². The lowest BCUT2D eigenvalue weighted by atomic mass is 10.1. The predicted octanol–water partition coefficient (Wildman–Crippen LogP) is 1.83. The molecule has 3 heteroatoms. The van der Waals surface area contributed by atoms with Gasteiger partial charge < -0.3 is 0 Å². The number of carbonyl (C=O) groups excluding carboxylic acids is 1. The number of hydrogen-bond acceptors (Lipinski definition) is 3. The van der Waals surface area contributed by atoms with E-state index >= 15 is 0 Å². The zero-order chi connectivity index (χ0) is 9.26. The Morgan fingerprint density at radius 2 is 2.08 bits per heavy atom. The lowest BCUT2D eigenvalue weighted by molar-refractivity contribution is 0.101. The molecule has 3 nitrogen and oxygen atoms in total. The second-order valence-electron chi connectivity index (χ2n) is 2.79. The Morgan fingerprint density at radius 3 is 2.85 bits per heavy atom. The Morgan fingerprint density at radius 1 is 1.23 bits per heavy atom. The van der Waals surface area contributed by atoms with Crippen molar-refractivity contribution >= 4 is 16.8 Å². The second-order valence-corrected chi connectivity index (χ2v) is 2.79. The summed E-state index contributed by atoms with van der Waals surface area (Å²) in [5.41, 5.74) is 2.07. The Kier molecular flexibility index (Phi) is 1.77. The number of nitrogens with zero attached hydrogens (tertiary/aromatic N) is 2. The number of ketones is 1. The minimum absolute atomic E-state index is 0.0195. The third-order valence-corrected chi connectivity index (χ3v) is 1.88. The molecule has 0 amide bonds. The molecular formula is C10H8N2O. The van der Waals surface area contributed by atoms with Gasteiger partial charge in [0.2, 0.25) is 0 Å². The maximum atomic E-state index is 11.2. The molecule has 2 heterocycles. The second kappa shape index (κ2) is 2.94. The van der Waals surface area contributed by atoms with Crippen molar-refractivity contribution < 1.29 is 4.79 Å². The molecule has 0 bridgehead atoms. The summed E-state index contributed by atoms with van der Waals surface area (Å²) in [6.45, 7) is 1.53. The fourth-order valence-electron chi connectivity index (χ4n) is 1.26. The van der Waals surface area contributed by atoms with Crippen molar-refractivity contribution in [3.63, 3.8) is 0 Å². The van der Waals surface area contributed by atoms with Crippen LogP contribution < -0.4 is 0 Å². The van der Waals surface area contributed by atoms with Gasteiger partial charge in [0.05, 0.1) is 11.0 Å². The van der Waals surface area contributed by atoms with Crippen molar-refractivity contribution in [1.82, 2.24) is 9.97 Å². The summed E-state index contributed by atoms with van der Waals surface area (Å²) in [6, 6.07) is 5.34. The predicted molar refractivity (Wildman–Crippen MR) is 49.5 cm³/mol. The van der Waals surface area contributed by atoms with Crippen LogP contribution in [0.4, 0.5) is 0 Å². The van der Waals surface area contributed by atoms with Crippen LogP contribution in [0.5, 0.6) is 0 Å². The van der Waals surface area contributed by atoms with Crippen molar-refractivity contribution in [2.45, 2.75) is 6.92 Å². The number of aromatic nitrogens is 2. The van der Waals surface area contributed by atoms with E-state index in [2.05, 4.69) is 9.97 Å². The summed E-state index contributed by atoms with van der Waals surface area (Å²) in [6.07, 6.45) is 3.29. The number of carbonyl (C=O) groups is 1. The Hall–Kier alpha value is -1.77. The Balaban J connectivity index is 2.83. The zero-order valence-corrected chi connectivity index (χ0v) is 7.19. The number of pyridine rings is 2. The van der Waals surface area contributed by atoms with E-state index in [1.54, 1.807) is 24.5 Å². The van der Waals surface area contributed by atoms with E-state index in [4.69, 9.17) is 0 Å². The van der Waals surface area contributed by atoms with Crippen molar-refractivity contribution in [3.8, 4) is 0 Å². The van der Waals surface area contributed by atoms with Gasteiger partial charge in [-0.25, -0.2) is 0 Å². The van der Waals surface area contributed by atoms with Crippen molar-refractivity contribution in [3.05, 3.63) is 36.2 Å². The van der Waals surface area contributed by atoms with Gasteiger partial charge in [0.1, 0.15) is 0 Å². The first-order valence-corrected chi connectivity index (χ1v) is 4.00. The quantitative estimate of drug-likeness (QED) is 0.616. The third-order valence-electron chi connectivity index (χ3n) is 1.88. The van der Waals surface area contributed by atoms with Crippen LogP contribution in [0.2, 0.25) is 0 Å². The van der Waals surface area contributed by atoms with E-state index in [0.29, 0.717) is 11.1 Å². The molecule has 0 spiro atoms. The molecular weight excluding hydrogens is 164 g/mol. The molecule has 13 heavy (non-hydrogen) atoms. The Labute approximate surface area is 75.4 Å².